The van der Waals surface area contributed by atoms with Crippen molar-refractivity contribution in [2.75, 3.05) is 12.3 Å². The second kappa shape index (κ2) is 6.77. The van der Waals surface area contributed by atoms with Gasteiger partial charge in [-0.05, 0) is 42.5 Å². The Bertz CT molecular complexity index is 326. The first-order valence-corrected chi connectivity index (χ1v) is 6.09. The molecule has 0 atom stereocenters. The number of benzene rings is 1. The summed E-state index contributed by atoms with van der Waals surface area (Å²) in [5, 5.41) is 0.720. The SMILES string of the molecule is CC(C)CCCOCc1cc(N)ccc1Cl. The number of nitrogens with two attached hydrogens (primary N) is 1. The summed E-state index contributed by atoms with van der Waals surface area (Å²) in [4.78, 5) is 0. The molecule has 0 fully saturated rings. The maximum absolute atomic E-state index is 6.02. The van der Waals surface area contributed by atoms with Gasteiger partial charge in [0.15, 0.2) is 0 Å². The van der Waals surface area contributed by atoms with Crippen molar-refractivity contribution in [2.45, 2.75) is 33.3 Å². The zero-order valence-electron chi connectivity index (χ0n) is 10.0. The van der Waals surface area contributed by atoms with E-state index in [9.17, 15) is 0 Å². The highest BCUT2D eigenvalue weighted by Gasteiger charge is 2.01. The lowest BCUT2D eigenvalue weighted by atomic mass is 10.1. The molecule has 16 heavy (non-hydrogen) atoms. The van der Waals surface area contributed by atoms with Gasteiger partial charge in [0.1, 0.15) is 0 Å². The molecule has 1 rings (SSSR count). The summed E-state index contributed by atoms with van der Waals surface area (Å²) in [5.41, 5.74) is 7.37. The predicted octanol–water partition coefficient (Wildman–Crippen LogP) is 3.88. The minimum Gasteiger partial charge on any atom is -0.399 e. The number of ether oxygens (including phenoxy) is 1. The molecule has 0 aliphatic rings. The van der Waals surface area contributed by atoms with Crippen LogP contribution in [0.5, 0.6) is 0 Å². The van der Waals surface area contributed by atoms with Crippen LogP contribution in [0.15, 0.2) is 18.2 Å². The molecule has 1 aromatic rings. The van der Waals surface area contributed by atoms with Crippen LogP contribution in [0.4, 0.5) is 5.69 Å². The van der Waals surface area contributed by atoms with Crippen LogP contribution in [0.25, 0.3) is 0 Å². The van der Waals surface area contributed by atoms with Gasteiger partial charge in [-0.1, -0.05) is 25.4 Å². The molecule has 0 amide bonds. The quantitative estimate of drug-likeness (QED) is 0.606. The van der Waals surface area contributed by atoms with E-state index in [1.54, 1.807) is 6.07 Å². The van der Waals surface area contributed by atoms with Gasteiger partial charge in [-0.25, -0.2) is 0 Å². The molecule has 0 spiro atoms. The van der Waals surface area contributed by atoms with Gasteiger partial charge >= 0.3 is 0 Å². The molecule has 3 heteroatoms. The van der Waals surface area contributed by atoms with Crippen molar-refractivity contribution in [3.05, 3.63) is 28.8 Å². The third-order valence-corrected chi connectivity index (χ3v) is 2.77. The monoisotopic (exact) mass is 241 g/mol. The number of hydrogen-bond donors (Lipinski definition) is 1. The standard InChI is InChI=1S/C13H20ClNO/c1-10(2)4-3-7-16-9-11-8-12(15)5-6-13(11)14/h5-6,8,10H,3-4,7,9,15H2,1-2H3. The maximum atomic E-state index is 6.02. The van der Waals surface area contributed by atoms with Crippen molar-refractivity contribution in [1.82, 2.24) is 0 Å². The van der Waals surface area contributed by atoms with E-state index in [4.69, 9.17) is 22.1 Å². The van der Waals surface area contributed by atoms with Crippen LogP contribution in [-0.2, 0) is 11.3 Å². The number of nitrogen functional groups attached to an aromatic ring is 1. The third-order valence-electron chi connectivity index (χ3n) is 2.40. The molecular weight excluding hydrogens is 222 g/mol. The van der Waals surface area contributed by atoms with Crippen LogP contribution in [0.3, 0.4) is 0 Å². The van der Waals surface area contributed by atoms with Crippen molar-refractivity contribution < 1.29 is 4.74 Å². The molecule has 0 aromatic heterocycles. The highest BCUT2D eigenvalue weighted by Crippen LogP contribution is 2.19. The van der Waals surface area contributed by atoms with E-state index in [0.29, 0.717) is 6.61 Å². The van der Waals surface area contributed by atoms with Crippen LogP contribution in [0, 0.1) is 5.92 Å². The molecule has 1 aromatic carbocycles. The number of halogens is 1. The lowest BCUT2D eigenvalue weighted by Gasteiger charge is -2.08. The summed E-state index contributed by atoms with van der Waals surface area (Å²) in [6.45, 7) is 5.76. The normalized spacial score (nSPS) is 11.0. The zero-order valence-corrected chi connectivity index (χ0v) is 10.8. The summed E-state index contributed by atoms with van der Waals surface area (Å²) in [7, 11) is 0. The van der Waals surface area contributed by atoms with Gasteiger partial charge in [0.25, 0.3) is 0 Å². The Hall–Kier alpha value is -0.730. The Morgan fingerprint density at radius 2 is 2.12 bits per heavy atom. The van der Waals surface area contributed by atoms with Gasteiger partial charge in [-0.2, -0.15) is 0 Å². The molecule has 0 radical (unpaired) electrons. The largest absolute Gasteiger partial charge is 0.399 e. The molecule has 0 bridgehead atoms. The maximum Gasteiger partial charge on any atom is 0.0732 e. The smallest absolute Gasteiger partial charge is 0.0732 e. The van der Waals surface area contributed by atoms with E-state index < -0.39 is 0 Å². The van der Waals surface area contributed by atoms with E-state index in [0.717, 1.165) is 35.2 Å². The van der Waals surface area contributed by atoms with E-state index in [1.165, 1.54) is 6.42 Å². The average molecular weight is 242 g/mol. The molecule has 0 aliphatic carbocycles. The highest BCUT2D eigenvalue weighted by atomic mass is 35.5. The van der Waals surface area contributed by atoms with Gasteiger partial charge in [-0.15, -0.1) is 0 Å². The minimum absolute atomic E-state index is 0.544. The van der Waals surface area contributed by atoms with E-state index in [-0.39, 0.29) is 0 Å². The topological polar surface area (TPSA) is 35.2 Å². The second-order valence-corrected chi connectivity index (χ2v) is 4.85. The summed E-state index contributed by atoms with van der Waals surface area (Å²) in [6.07, 6.45) is 2.29. The Kier molecular flexibility index (Phi) is 5.64. The van der Waals surface area contributed by atoms with Crippen LogP contribution >= 0.6 is 11.6 Å². The first-order chi connectivity index (χ1) is 7.59. The molecular formula is C13H20ClNO. The van der Waals surface area contributed by atoms with Crippen molar-refractivity contribution in [2.24, 2.45) is 5.92 Å². The lowest BCUT2D eigenvalue weighted by Crippen LogP contribution is -1.99. The summed E-state index contributed by atoms with van der Waals surface area (Å²) in [6, 6.07) is 5.47. The molecule has 0 aliphatic heterocycles. The van der Waals surface area contributed by atoms with Crippen LogP contribution in [0.1, 0.15) is 32.3 Å². The van der Waals surface area contributed by atoms with E-state index in [2.05, 4.69) is 13.8 Å². The minimum atomic E-state index is 0.544. The molecule has 0 heterocycles. The fourth-order valence-electron chi connectivity index (χ4n) is 1.48. The molecule has 90 valence electrons. The van der Waals surface area contributed by atoms with Gasteiger partial charge in [0.2, 0.25) is 0 Å². The lowest BCUT2D eigenvalue weighted by molar-refractivity contribution is 0.115. The number of rotatable bonds is 6. The first kappa shape index (κ1) is 13.3. The molecule has 2 N–H and O–H groups in total. The number of anilines is 1. The molecule has 0 saturated heterocycles. The molecule has 0 unspecified atom stereocenters. The summed E-state index contributed by atoms with van der Waals surface area (Å²) >= 11 is 6.02. The van der Waals surface area contributed by atoms with Crippen molar-refractivity contribution in [3.63, 3.8) is 0 Å². The Morgan fingerprint density at radius 1 is 1.38 bits per heavy atom. The summed E-state index contributed by atoms with van der Waals surface area (Å²) in [5.74, 6) is 0.736. The third kappa shape index (κ3) is 4.86. The van der Waals surface area contributed by atoms with Gasteiger partial charge in [-0.3, -0.25) is 0 Å². The highest BCUT2D eigenvalue weighted by molar-refractivity contribution is 6.31. The van der Waals surface area contributed by atoms with E-state index in [1.807, 2.05) is 12.1 Å². The molecule has 0 saturated carbocycles. The van der Waals surface area contributed by atoms with E-state index >= 15 is 0 Å². The van der Waals surface area contributed by atoms with Crippen LogP contribution in [-0.4, -0.2) is 6.61 Å². The Balaban J connectivity index is 2.29. The average Bonchev–Trinajstić information content (AvgIpc) is 2.22. The predicted molar refractivity (Wildman–Crippen MR) is 69.6 cm³/mol. The number of hydrogen-bond acceptors (Lipinski definition) is 2. The Labute approximate surface area is 103 Å². The van der Waals surface area contributed by atoms with Crippen molar-refractivity contribution >= 4 is 17.3 Å². The van der Waals surface area contributed by atoms with Crippen LogP contribution in [0.2, 0.25) is 5.02 Å². The Morgan fingerprint density at radius 3 is 2.81 bits per heavy atom. The zero-order chi connectivity index (χ0) is 12.0. The fourth-order valence-corrected chi connectivity index (χ4v) is 1.65. The van der Waals surface area contributed by atoms with Gasteiger partial charge < -0.3 is 10.5 Å². The first-order valence-electron chi connectivity index (χ1n) is 5.71. The second-order valence-electron chi connectivity index (χ2n) is 4.44. The molecule has 2 nitrogen and oxygen atoms in total. The van der Waals surface area contributed by atoms with Crippen molar-refractivity contribution in [1.29, 1.82) is 0 Å². The fraction of sp³-hybridized carbons (Fsp3) is 0.538. The van der Waals surface area contributed by atoms with Crippen LogP contribution < -0.4 is 5.73 Å². The van der Waals surface area contributed by atoms with Crippen molar-refractivity contribution in [3.8, 4) is 0 Å². The van der Waals surface area contributed by atoms with Gasteiger partial charge in [0.05, 0.1) is 6.61 Å². The van der Waals surface area contributed by atoms with Gasteiger partial charge in [0, 0.05) is 17.3 Å². The summed E-state index contributed by atoms with van der Waals surface area (Å²) < 4.78 is 5.57.